The van der Waals surface area contributed by atoms with Crippen molar-refractivity contribution in [2.45, 2.75) is 25.1 Å². The molecule has 9 heteroatoms. The van der Waals surface area contributed by atoms with Gasteiger partial charge in [0.15, 0.2) is 0 Å². The summed E-state index contributed by atoms with van der Waals surface area (Å²) >= 11 is 0. The summed E-state index contributed by atoms with van der Waals surface area (Å²) in [5.74, 6) is -0.0171. The average molecular weight is 412 g/mol. The van der Waals surface area contributed by atoms with Gasteiger partial charge in [-0.25, -0.2) is 0 Å². The third-order valence-corrected chi connectivity index (χ3v) is 4.95. The molecule has 30 heavy (non-hydrogen) atoms. The first-order valence-corrected chi connectivity index (χ1v) is 9.19. The molecule has 152 valence electrons. The number of rotatable bonds is 3. The van der Waals surface area contributed by atoms with E-state index in [-0.39, 0.29) is 23.2 Å². The maximum atomic E-state index is 13.0. The van der Waals surface area contributed by atoms with Crippen LogP contribution >= 0.6 is 0 Å². The highest BCUT2D eigenvalue weighted by atomic mass is 19.4. The lowest BCUT2D eigenvalue weighted by atomic mass is 10.1. The fraction of sp³-hybridized carbons (Fsp3) is 0.238. The maximum absolute atomic E-state index is 13.0. The zero-order valence-electron chi connectivity index (χ0n) is 15.6. The molecule has 4 rings (SSSR count). The Labute approximate surface area is 169 Å². The minimum Gasteiger partial charge on any atom is -0.337 e. The van der Waals surface area contributed by atoms with Crippen molar-refractivity contribution in [3.05, 3.63) is 71.1 Å². The second kappa shape index (κ2) is 7.63. The summed E-state index contributed by atoms with van der Waals surface area (Å²) in [6.07, 6.45) is -3.14. The van der Waals surface area contributed by atoms with Crippen LogP contribution in [0, 0.1) is 11.3 Å². The van der Waals surface area contributed by atoms with Gasteiger partial charge in [-0.1, -0.05) is 17.3 Å². The van der Waals surface area contributed by atoms with Crippen LogP contribution in [0.15, 0.2) is 53.1 Å². The number of carbonyl (C=O) groups excluding carboxylic acids is 1. The van der Waals surface area contributed by atoms with Gasteiger partial charge in [0.05, 0.1) is 17.2 Å². The Bertz CT molecular complexity index is 1120. The van der Waals surface area contributed by atoms with Gasteiger partial charge in [0.1, 0.15) is 6.04 Å². The Morgan fingerprint density at radius 3 is 2.67 bits per heavy atom. The summed E-state index contributed by atoms with van der Waals surface area (Å²) in [6.45, 7) is 0.491. The molecule has 2 aromatic carbocycles. The molecule has 1 aliphatic heterocycles. The molecular weight excluding hydrogens is 397 g/mol. The number of alkyl halides is 3. The van der Waals surface area contributed by atoms with Crippen molar-refractivity contribution < 1.29 is 22.5 Å². The van der Waals surface area contributed by atoms with Crippen LogP contribution in [0.5, 0.6) is 0 Å². The van der Waals surface area contributed by atoms with Gasteiger partial charge in [-0.3, -0.25) is 4.79 Å². The minimum atomic E-state index is -4.47. The van der Waals surface area contributed by atoms with E-state index >= 15 is 0 Å². The standard InChI is InChI=1S/C21H15F3N4O2/c22-21(23,24)16-4-1-3-15(11-16)18-26-19(30-27-18)17-5-2-10-28(17)20(29)14-8-6-13(12-25)7-9-14/h1,3-4,6-9,11,17H,2,5,10H2/t17-/m1/s1. The quantitative estimate of drug-likeness (QED) is 0.628. The van der Waals surface area contributed by atoms with Gasteiger partial charge >= 0.3 is 6.18 Å². The second-order valence-corrected chi connectivity index (χ2v) is 6.88. The lowest BCUT2D eigenvalue weighted by Gasteiger charge is -2.21. The van der Waals surface area contributed by atoms with Gasteiger partial charge in [0, 0.05) is 17.7 Å². The van der Waals surface area contributed by atoms with Crippen molar-refractivity contribution in [2.24, 2.45) is 0 Å². The van der Waals surface area contributed by atoms with Gasteiger partial charge in [-0.2, -0.15) is 23.4 Å². The lowest BCUT2D eigenvalue weighted by Crippen LogP contribution is -2.30. The Morgan fingerprint density at radius 2 is 1.97 bits per heavy atom. The van der Waals surface area contributed by atoms with Crippen LogP contribution in [-0.2, 0) is 6.18 Å². The largest absolute Gasteiger partial charge is 0.416 e. The van der Waals surface area contributed by atoms with Crippen LogP contribution in [0.1, 0.15) is 46.3 Å². The van der Waals surface area contributed by atoms with Crippen molar-refractivity contribution in [1.82, 2.24) is 15.0 Å². The minimum absolute atomic E-state index is 0.0359. The summed E-state index contributed by atoms with van der Waals surface area (Å²) < 4.78 is 44.2. The number of nitriles is 1. The molecule has 1 saturated heterocycles. The maximum Gasteiger partial charge on any atom is 0.416 e. The van der Waals surface area contributed by atoms with E-state index in [1.807, 2.05) is 6.07 Å². The summed E-state index contributed by atoms with van der Waals surface area (Å²) in [5.41, 5.74) is 0.262. The highest BCUT2D eigenvalue weighted by Crippen LogP contribution is 2.35. The van der Waals surface area contributed by atoms with E-state index in [0.717, 1.165) is 18.6 Å². The van der Waals surface area contributed by atoms with E-state index in [9.17, 15) is 18.0 Å². The molecule has 0 saturated carbocycles. The molecule has 1 atom stereocenters. The number of halogens is 3. The molecule has 0 bridgehead atoms. The van der Waals surface area contributed by atoms with Crippen molar-refractivity contribution in [1.29, 1.82) is 5.26 Å². The van der Waals surface area contributed by atoms with E-state index < -0.39 is 17.8 Å². The molecule has 1 fully saturated rings. The Hall–Kier alpha value is -3.67. The topological polar surface area (TPSA) is 83.0 Å². The first kappa shape index (κ1) is 19.6. The predicted molar refractivity (Wildman–Crippen MR) is 98.9 cm³/mol. The van der Waals surface area contributed by atoms with E-state index in [1.165, 1.54) is 12.1 Å². The zero-order valence-corrected chi connectivity index (χ0v) is 15.6. The first-order valence-electron chi connectivity index (χ1n) is 9.19. The highest BCUT2D eigenvalue weighted by Gasteiger charge is 2.35. The van der Waals surface area contributed by atoms with Crippen molar-refractivity contribution in [2.75, 3.05) is 6.54 Å². The van der Waals surface area contributed by atoms with Crippen LogP contribution < -0.4 is 0 Å². The van der Waals surface area contributed by atoms with Crippen LogP contribution in [0.4, 0.5) is 13.2 Å². The number of benzene rings is 2. The molecular formula is C21H15F3N4O2. The number of likely N-dealkylation sites (tertiary alicyclic amines) is 1. The molecule has 3 aromatic rings. The van der Waals surface area contributed by atoms with Crippen LogP contribution in [0.3, 0.4) is 0 Å². The van der Waals surface area contributed by atoms with Gasteiger partial charge < -0.3 is 9.42 Å². The van der Waals surface area contributed by atoms with E-state index in [2.05, 4.69) is 10.1 Å². The Balaban J connectivity index is 1.58. The molecule has 1 amide bonds. The molecule has 0 radical (unpaired) electrons. The summed E-state index contributed by atoms with van der Waals surface area (Å²) in [5, 5.41) is 12.7. The normalized spacial score (nSPS) is 16.5. The molecule has 6 nitrogen and oxygen atoms in total. The molecule has 1 aliphatic rings. The van der Waals surface area contributed by atoms with Gasteiger partial charge in [0.2, 0.25) is 11.7 Å². The zero-order chi connectivity index (χ0) is 21.3. The molecule has 0 N–H and O–H groups in total. The third kappa shape index (κ3) is 3.76. The number of hydrogen-bond donors (Lipinski definition) is 0. The Morgan fingerprint density at radius 1 is 1.20 bits per heavy atom. The number of nitrogens with zero attached hydrogens (tertiary/aromatic N) is 4. The Kier molecular flexibility index (Phi) is 4.99. The summed E-state index contributed by atoms with van der Waals surface area (Å²) in [6, 6.07) is 12.5. The fourth-order valence-electron chi connectivity index (χ4n) is 3.44. The SMILES string of the molecule is N#Cc1ccc(C(=O)N2CCC[C@@H]2c2nc(-c3cccc(C(F)(F)F)c3)no2)cc1. The number of hydrogen-bond acceptors (Lipinski definition) is 5. The van der Waals surface area contributed by atoms with Gasteiger partial charge in [-0.15, -0.1) is 0 Å². The molecule has 2 heterocycles. The van der Waals surface area contributed by atoms with Crippen LogP contribution in [0.25, 0.3) is 11.4 Å². The predicted octanol–water partition coefficient (Wildman–Crippen LogP) is 4.60. The summed E-state index contributed by atoms with van der Waals surface area (Å²) in [4.78, 5) is 18.7. The van der Waals surface area contributed by atoms with Crippen molar-refractivity contribution in [3.63, 3.8) is 0 Å². The number of aromatic nitrogens is 2. The van der Waals surface area contributed by atoms with Gasteiger partial charge in [0.25, 0.3) is 5.91 Å². The van der Waals surface area contributed by atoms with Crippen LogP contribution in [0.2, 0.25) is 0 Å². The first-order chi connectivity index (χ1) is 14.4. The molecule has 1 aromatic heterocycles. The third-order valence-electron chi connectivity index (χ3n) is 4.95. The monoisotopic (exact) mass is 412 g/mol. The highest BCUT2D eigenvalue weighted by molar-refractivity contribution is 5.94. The van der Waals surface area contributed by atoms with Gasteiger partial charge in [-0.05, 0) is 49.2 Å². The molecule has 0 aliphatic carbocycles. The smallest absolute Gasteiger partial charge is 0.337 e. The lowest BCUT2D eigenvalue weighted by molar-refractivity contribution is -0.137. The fourth-order valence-corrected chi connectivity index (χ4v) is 3.44. The number of carbonyl (C=O) groups is 1. The molecule has 0 unspecified atom stereocenters. The van der Waals surface area contributed by atoms with E-state index in [0.29, 0.717) is 24.1 Å². The number of amides is 1. The average Bonchev–Trinajstić information content (AvgIpc) is 3.42. The van der Waals surface area contributed by atoms with Crippen molar-refractivity contribution >= 4 is 5.91 Å². The van der Waals surface area contributed by atoms with Crippen molar-refractivity contribution in [3.8, 4) is 17.5 Å². The van der Waals surface area contributed by atoms with E-state index in [1.54, 1.807) is 29.2 Å². The summed E-state index contributed by atoms with van der Waals surface area (Å²) in [7, 11) is 0. The second-order valence-electron chi connectivity index (χ2n) is 6.88. The molecule has 0 spiro atoms. The van der Waals surface area contributed by atoms with E-state index in [4.69, 9.17) is 9.78 Å². The van der Waals surface area contributed by atoms with Crippen LogP contribution in [-0.4, -0.2) is 27.5 Å².